The highest BCUT2D eigenvalue weighted by atomic mass is 32.3. The SMILES string of the molecule is CC(O)c1cn(C[C@@H]2O[C@H](COS(=O)(=O)O)[C@@H](O)[C@@H]2O)nn1. The highest BCUT2D eigenvalue weighted by Gasteiger charge is 2.43. The molecule has 5 atom stereocenters. The molecule has 11 nitrogen and oxygen atoms in total. The van der Waals surface area contributed by atoms with Crippen LogP contribution in [0.3, 0.4) is 0 Å². The molecule has 0 aromatic carbocycles. The quantitative estimate of drug-likeness (QED) is 0.412. The van der Waals surface area contributed by atoms with Crippen molar-refractivity contribution in [3.8, 4) is 0 Å². The van der Waals surface area contributed by atoms with Crippen LogP contribution in [0.15, 0.2) is 6.20 Å². The fraction of sp³-hybridized carbons (Fsp3) is 0.800. The molecule has 126 valence electrons. The standard InChI is InChI=1S/C10H17N3O8S/c1-5(14)6-2-13(12-11-6)3-7-9(15)10(16)8(21-7)4-20-22(17,18)19/h2,5,7-10,14-16H,3-4H2,1H3,(H,17,18,19)/t5?,7-,8+,9+,10+/m0/s1. The number of aliphatic hydroxyl groups is 3. The van der Waals surface area contributed by atoms with E-state index in [1.165, 1.54) is 17.8 Å². The predicted molar refractivity (Wildman–Crippen MR) is 68.8 cm³/mol. The van der Waals surface area contributed by atoms with Gasteiger partial charge in [-0.05, 0) is 6.92 Å². The van der Waals surface area contributed by atoms with Crippen LogP contribution in [-0.4, -0.2) is 74.3 Å². The average Bonchev–Trinajstić information content (AvgIpc) is 2.97. The molecule has 22 heavy (non-hydrogen) atoms. The third-order valence-corrected chi connectivity index (χ3v) is 3.63. The van der Waals surface area contributed by atoms with Gasteiger partial charge in [-0.25, -0.2) is 8.86 Å². The number of rotatable bonds is 6. The second-order valence-electron chi connectivity index (χ2n) is 4.95. The van der Waals surface area contributed by atoms with Crippen molar-refractivity contribution in [2.75, 3.05) is 6.61 Å². The van der Waals surface area contributed by atoms with E-state index < -0.39 is 47.5 Å². The number of hydrogen-bond donors (Lipinski definition) is 4. The molecule has 4 N–H and O–H groups in total. The van der Waals surface area contributed by atoms with Gasteiger partial charge in [-0.2, -0.15) is 8.42 Å². The Hall–Kier alpha value is -1.15. The fourth-order valence-corrected chi connectivity index (χ4v) is 2.35. The molecule has 2 heterocycles. The minimum Gasteiger partial charge on any atom is -0.388 e. The van der Waals surface area contributed by atoms with E-state index >= 15 is 0 Å². The first kappa shape index (κ1) is 17.2. The minimum absolute atomic E-state index is 0.0281. The van der Waals surface area contributed by atoms with Crippen molar-refractivity contribution in [3.05, 3.63) is 11.9 Å². The molecule has 1 unspecified atom stereocenters. The van der Waals surface area contributed by atoms with Gasteiger partial charge >= 0.3 is 10.4 Å². The highest BCUT2D eigenvalue weighted by molar-refractivity contribution is 7.80. The summed E-state index contributed by atoms with van der Waals surface area (Å²) in [4.78, 5) is 0. The second-order valence-corrected chi connectivity index (χ2v) is 6.04. The van der Waals surface area contributed by atoms with Gasteiger partial charge in [0.1, 0.15) is 30.1 Å². The lowest BCUT2D eigenvalue weighted by Crippen LogP contribution is -2.35. The minimum atomic E-state index is -4.66. The topological polar surface area (TPSA) is 164 Å². The average molecular weight is 339 g/mol. The predicted octanol–water partition coefficient (Wildman–Crippen LogP) is -2.36. The molecule has 1 aliphatic rings. The Bertz CT molecular complexity index is 603. The summed E-state index contributed by atoms with van der Waals surface area (Å²) in [5.74, 6) is 0. The van der Waals surface area contributed by atoms with Crippen LogP contribution in [0.4, 0.5) is 0 Å². The van der Waals surface area contributed by atoms with Gasteiger partial charge in [-0.3, -0.25) is 4.55 Å². The van der Waals surface area contributed by atoms with Gasteiger partial charge in [0.25, 0.3) is 0 Å². The third-order valence-electron chi connectivity index (χ3n) is 3.19. The molecule has 1 aromatic heterocycles. The van der Waals surface area contributed by atoms with Crippen LogP contribution in [0.1, 0.15) is 18.7 Å². The molecule has 2 rings (SSSR count). The van der Waals surface area contributed by atoms with Gasteiger partial charge in [0, 0.05) is 0 Å². The number of ether oxygens (including phenoxy) is 1. The summed E-state index contributed by atoms with van der Waals surface area (Å²) in [7, 11) is -4.66. The molecule has 1 saturated heterocycles. The van der Waals surface area contributed by atoms with Crippen LogP contribution in [0.25, 0.3) is 0 Å². The van der Waals surface area contributed by atoms with Gasteiger partial charge in [0.05, 0.1) is 25.5 Å². The van der Waals surface area contributed by atoms with Gasteiger partial charge in [-0.1, -0.05) is 5.21 Å². The van der Waals surface area contributed by atoms with E-state index in [9.17, 15) is 23.7 Å². The first-order chi connectivity index (χ1) is 10.2. The lowest BCUT2D eigenvalue weighted by molar-refractivity contribution is -0.0230. The molecule has 1 aromatic rings. The Morgan fingerprint density at radius 1 is 1.41 bits per heavy atom. The van der Waals surface area contributed by atoms with Crippen LogP contribution in [0, 0.1) is 0 Å². The van der Waals surface area contributed by atoms with E-state index in [0.717, 1.165) is 0 Å². The lowest BCUT2D eigenvalue weighted by Gasteiger charge is -2.13. The van der Waals surface area contributed by atoms with Crippen LogP contribution in [0.2, 0.25) is 0 Å². The molecule has 12 heteroatoms. The number of hydrogen-bond acceptors (Lipinski definition) is 9. The van der Waals surface area contributed by atoms with Crippen LogP contribution in [0.5, 0.6) is 0 Å². The van der Waals surface area contributed by atoms with Crippen molar-refractivity contribution in [3.63, 3.8) is 0 Å². The van der Waals surface area contributed by atoms with Gasteiger partial charge in [0.2, 0.25) is 0 Å². The molecule has 0 saturated carbocycles. The van der Waals surface area contributed by atoms with E-state index in [0.29, 0.717) is 5.69 Å². The maximum Gasteiger partial charge on any atom is 0.397 e. The Morgan fingerprint density at radius 2 is 2.05 bits per heavy atom. The number of aliphatic hydroxyl groups excluding tert-OH is 3. The molecule has 0 radical (unpaired) electrons. The lowest BCUT2D eigenvalue weighted by atomic mass is 10.1. The Morgan fingerprint density at radius 3 is 2.59 bits per heavy atom. The normalized spacial score (nSPS) is 30.6. The summed E-state index contributed by atoms with van der Waals surface area (Å²) in [5, 5.41) is 36.5. The monoisotopic (exact) mass is 339 g/mol. The highest BCUT2D eigenvalue weighted by Crippen LogP contribution is 2.23. The van der Waals surface area contributed by atoms with Crippen LogP contribution < -0.4 is 0 Å². The van der Waals surface area contributed by atoms with Crippen molar-refractivity contribution in [2.45, 2.75) is 44.0 Å². The van der Waals surface area contributed by atoms with E-state index in [1.807, 2.05) is 0 Å². The zero-order valence-electron chi connectivity index (χ0n) is 11.6. The van der Waals surface area contributed by atoms with Crippen molar-refractivity contribution < 1.29 is 37.2 Å². The van der Waals surface area contributed by atoms with Crippen LogP contribution >= 0.6 is 0 Å². The summed E-state index contributed by atoms with van der Waals surface area (Å²) >= 11 is 0. The summed E-state index contributed by atoms with van der Waals surface area (Å²) in [6.45, 7) is 0.909. The maximum atomic E-state index is 10.5. The molecule has 0 spiro atoms. The second kappa shape index (κ2) is 6.54. The summed E-state index contributed by atoms with van der Waals surface area (Å²) < 4.78 is 40.2. The maximum absolute atomic E-state index is 10.5. The Balaban J connectivity index is 1.97. The van der Waals surface area contributed by atoms with Gasteiger partial charge in [-0.15, -0.1) is 5.10 Å². The summed E-state index contributed by atoms with van der Waals surface area (Å²) in [5.41, 5.74) is 0.333. The van der Waals surface area contributed by atoms with E-state index in [-0.39, 0.29) is 6.54 Å². The number of nitrogens with zero attached hydrogens (tertiary/aromatic N) is 3. The van der Waals surface area contributed by atoms with E-state index in [4.69, 9.17) is 9.29 Å². The largest absolute Gasteiger partial charge is 0.397 e. The molecular weight excluding hydrogens is 322 g/mol. The fourth-order valence-electron chi connectivity index (χ4n) is 2.05. The first-order valence-electron chi connectivity index (χ1n) is 6.39. The van der Waals surface area contributed by atoms with Gasteiger partial charge in [0.15, 0.2) is 0 Å². The van der Waals surface area contributed by atoms with Gasteiger partial charge < -0.3 is 20.1 Å². The zero-order chi connectivity index (χ0) is 16.5. The van der Waals surface area contributed by atoms with Crippen molar-refractivity contribution in [2.24, 2.45) is 0 Å². The molecule has 1 aliphatic heterocycles. The molecular formula is C10H17N3O8S. The first-order valence-corrected chi connectivity index (χ1v) is 7.75. The van der Waals surface area contributed by atoms with E-state index in [2.05, 4.69) is 14.5 Å². The molecule has 0 aliphatic carbocycles. The number of aromatic nitrogens is 3. The molecule has 1 fully saturated rings. The molecule has 0 bridgehead atoms. The van der Waals surface area contributed by atoms with Crippen molar-refractivity contribution in [1.29, 1.82) is 0 Å². The summed E-state index contributed by atoms with van der Waals surface area (Å²) in [6, 6.07) is 0. The third kappa shape index (κ3) is 4.19. The van der Waals surface area contributed by atoms with Crippen molar-refractivity contribution in [1.82, 2.24) is 15.0 Å². The summed E-state index contributed by atoms with van der Waals surface area (Å²) in [6.07, 6.45) is -4.03. The van der Waals surface area contributed by atoms with Crippen LogP contribution in [-0.2, 0) is 25.9 Å². The Kier molecular flexibility index (Phi) is 5.11. The smallest absolute Gasteiger partial charge is 0.388 e. The Labute approximate surface area is 126 Å². The van der Waals surface area contributed by atoms with Crippen molar-refractivity contribution >= 4 is 10.4 Å². The zero-order valence-corrected chi connectivity index (χ0v) is 12.4. The molecule has 0 amide bonds. The van der Waals surface area contributed by atoms with E-state index in [1.54, 1.807) is 0 Å².